The minimum atomic E-state index is -0.495. The summed E-state index contributed by atoms with van der Waals surface area (Å²) in [5.74, 6) is 0.985. The standard InChI is InChI=1S/C21H26ClN5O2/c1-24-21(25-14-16-4-2-7-19(12-16)29-15-20(23)28)27-10-8-26(9-11-27)18-6-3-5-17(22)13-18/h2-7,12-13H,8-11,14-15H2,1H3,(H2,23,28)(H,24,25). The van der Waals surface area contributed by atoms with Gasteiger partial charge in [0, 0.05) is 50.5 Å². The Kier molecular flexibility index (Phi) is 7.19. The van der Waals surface area contributed by atoms with Gasteiger partial charge < -0.3 is 25.6 Å². The molecule has 7 nitrogen and oxygen atoms in total. The number of rotatable bonds is 6. The number of anilines is 1. The highest BCUT2D eigenvalue weighted by molar-refractivity contribution is 6.30. The van der Waals surface area contributed by atoms with E-state index in [1.807, 2.05) is 36.4 Å². The van der Waals surface area contributed by atoms with Gasteiger partial charge in [0.25, 0.3) is 5.91 Å². The Morgan fingerprint density at radius 1 is 1.17 bits per heavy atom. The van der Waals surface area contributed by atoms with Crippen LogP contribution >= 0.6 is 11.6 Å². The second-order valence-corrected chi connectivity index (χ2v) is 7.19. The highest BCUT2D eigenvalue weighted by atomic mass is 35.5. The second-order valence-electron chi connectivity index (χ2n) is 6.76. The fraction of sp³-hybridized carbons (Fsp3) is 0.333. The molecule has 2 aromatic rings. The van der Waals surface area contributed by atoms with Gasteiger partial charge in [0.05, 0.1) is 0 Å². The van der Waals surface area contributed by atoms with Crippen molar-refractivity contribution in [1.29, 1.82) is 0 Å². The van der Waals surface area contributed by atoms with Crippen LogP contribution in [0.1, 0.15) is 5.56 Å². The fourth-order valence-corrected chi connectivity index (χ4v) is 3.45. The average molecular weight is 416 g/mol. The molecule has 154 valence electrons. The van der Waals surface area contributed by atoms with E-state index in [1.165, 1.54) is 0 Å². The molecule has 0 atom stereocenters. The summed E-state index contributed by atoms with van der Waals surface area (Å²) in [5, 5.41) is 4.15. The van der Waals surface area contributed by atoms with Gasteiger partial charge in [0.1, 0.15) is 5.75 Å². The van der Waals surface area contributed by atoms with Gasteiger partial charge in [-0.2, -0.15) is 0 Å². The third-order valence-electron chi connectivity index (χ3n) is 4.69. The smallest absolute Gasteiger partial charge is 0.255 e. The van der Waals surface area contributed by atoms with Crippen molar-refractivity contribution in [2.45, 2.75) is 6.54 Å². The van der Waals surface area contributed by atoms with Crippen LogP contribution < -0.4 is 20.7 Å². The number of ether oxygens (including phenoxy) is 1. The van der Waals surface area contributed by atoms with E-state index < -0.39 is 5.91 Å². The number of hydrogen-bond donors (Lipinski definition) is 2. The molecule has 0 bridgehead atoms. The van der Waals surface area contributed by atoms with Crippen LogP contribution in [0, 0.1) is 0 Å². The first kappa shape index (κ1) is 20.8. The zero-order chi connectivity index (χ0) is 20.6. The Morgan fingerprint density at radius 2 is 1.93 bits per heavy atom. The summed E-state index contributed by atoms with van der Waals surface area (Å²) in [4.78, 5) is 19.9. The maximum absolute atomic E-state index is 10.9. The molecule has 3 N–H and O–H groups in total. The molecule has 0 saturated carbocycles. The monoisotopic (exact) mass is 415 g/mol. The number of guanidine groups is 1. The van der Waals surface area contributed by atoms with E-state index in [0.29, 0.717) is 12.3 Å². The molecule has 1 saturated heterocycles. The maximum Gasteiger partial charge on any atom is 0.255 e. The van der Waals surface area contributed by atoms with Gasteiger partial charge in [-0.3, -0.25) is 9.79 Å². The number of hydrogen-bond acceptors (Lipinski definition) is 4. The lowest BCUT2D eigenvalue weighted by atomic mass is 10.2. The van der Waals surface area contributed by atoms with Crippen LogP contribution in [0.2, 0.25) is 5.02 Å². The molecule has 0 spiro atoms. The van der Waals surface area contributed by atoms with Crippen LogP contribution in [0.15, 0.2) is 53.5 Å². The first-order valence-corrected chi connectivity index (χ1v) is 9.89. The topological polar surface area (TPSA) is 83.2 Å². The van der Waals surface area contributed by atoms with Gasteiger partial charge in [0.2, 0.25) is 0 Å². The van der Waals surface area contributed by atoms with Crippen molar-refractivity contribution in [2.24, 2.45) is 10.7 Å². The molecule has 1 heterocycles. The molecular formula is C21H26ClN5O2. The van der Waals surface area contributed by atoms with Crippen LogP contribution in [0.5, 0.6) is 5.75 Å². The minimum absolute atomic E-state index is 0.130. The molecule has 1 amide bonds. The summed E-state index contributed by atoms with van der Waals surface area (Å²) in [6, 6.07) is 15.5. The number of nitrogens with two attached hydrogens (primary N) is 1. The molecule has 0 radical (unpaired) electrons. The molecule has 8 heteroatoms. The fourth-order valence-electron chi connectivity index (χ4n) is 3.26. The van der Waals surface area contributed by atoms with Crippen molar-refractivity contribution in [3.63, 3.8) is 0 Å². The van der Waals surface area contributed by atoms with Crippen LogP contribution in [0.25, 0.3) is 0 Å². The molecule has 2 aromatic carbocycles. The van der Waals surface area contributed by atoms with Gasteiger partial charge in [-0.1, -0.05) is 29.8 Å². The highest BCUT2D eigenvalue weighted by Gasteiger charge is 2.20. The average Bonchev–Trinajstić information content (AvgIpc) is 2.73. The van der Waals surface area contributed by atoms with Crippen molar-refractivity contribution < 1.29 is 9.53 Å². The minimum Gasteiger partial charge on any atom is -0.484 e. The van der Waals surface area contributed by atoms with Crippen LogP contribution in [0.3, 0.4) is 0 Å². The first-order chi connectivity index (χ1) is 14.0. The van der Waals surface area contributed by atoms with Crippen molar-refractivity contribution in [2.75, 3.05) is 44.7 Å². The normalized spacial score (nSPS) is 14.6. The number of carbonyl (C=O) groups is 1. The predicted molar refractivity (Wildman–Crippen MR) is 117 cm³/mol. The van der Waals surface area contributed by atoms with Crippen molar-refractivity contribution in [1.82, 2.24) is 10.2 Å². The van der Waals surface area contributed by atoms with Gasteiger partial charge in [-0.05, 0) is 35.9 Å². The summed E-state index contributed by atoms with van der Waals surface area (Å²) in [6.07, 6.45) is 0. The van der Waals surface area contributed by atoms with Crippen LogP contribution in [0.4, 0.5) is 5.69 Å². The highest BCUT2D eigenvalue weighted by Crippen LogP contribution is 2.21. The van der Waals surface area contributed by atoms with E-state index in [-0.39, 0.29) is 6.61 Å². The lowest BCUT2D eigenvalue weighted by Gasteiger charge is -2.37. The lowest BCUT2D eigenvalue weighted by molar-refractivity contribution is -0.119. The number of amides is 1. The third kappa shape index (κ3) is 6.02. The molecule has 0 aliphatic carbocycles. The summed E-state index contributed by atoms with van der Waals surface area (Å²) in [6.45, 7) is 4.02. The predicted octanol–water partition coefficient (Wildman–Crippen LogP) is 2.10. The summed E-state index contributed by atoms with van der Waals surface area (Å²) < 4.78 is 5.36. The molecular weight excluding hydrogens is 390 g/mol. The number of primary amides is 1. The van der Waals surface area contributed by atoms with Gasteiger partial charge in [0.15, 0.2) is 12.6 Å². The Labute approximate surface area is 176 Å². The molecule has 1 aliphatic rings. The summed E-state index contributed by atoms with van der Waals surface area (Å²) in [7, 11) is 1.79. The van der Waals surface area contributed by atoms with Crippen molar-refractivity contribution in [3.05, 3.63) is 59.1 Å². The maximum atomic E-state index is 10.9. The van der Waals surface area contributed by atoms with Gasteiger partial charge >= 0.3 is 0 Å². The second kappa shape index (κ2) is 10.0. The molecule has 3 rings (SSSR count). The summed E-state index contributed by atoms with van der Waals surface area (Å²) in [5.41, 5.74) is 7.30. The SMILES string of the molecule is CN=C(NCc1cccc(OCC(N)=O)c1)N1CCN(c2cccc(Cl)c2)CC1. The Morgan fingerprint density at radius 3 is 2.62 bits per heavy atom. The van der Waals surface area contributed by atoms with Gasteiger partial charge in [-0.15, -0.1) is 0 Å². The molecule has 0 unspecified atom stereocenters. The van der Waals surface area contributed by atoms with Crippen LogP contribution in [-0.2, 0) is 11.3 Å². The van der Waals surface area contributed by atoms with E-state index in [4.69, 9.17) is 22.1 Å². The summed E-state index contributed by atoms with van der Waals surface area (Å²) >= 11 is 6.11. The van der Waals surface area contributed by atoms with E-state index in [2.05, 4.69) is 26.2 Å². The van der Waals surface area contributed by atoms with E-state index in [1.54, 1.807) is 13.1 Å². The Balaban J connectivity index is 1.52. The quantitative estimate of drug-likeness (QED) is 0.557. The Hall–Kier alpha value is -2.93. The number of nitrogens with zero attached hydrogens (tertiary/aromatic N) is 3. The van der Waals surface area contributed by atoms with Crippen molar-refractivity contribution >= 4 is 29.2 Å². The number of aliphatic imine (C=N–C) groups is 1. The third-order valence-corrected chi connectivity index (χ3v) is 4.93. The zero-order valence-corrected chi connectivity index (χ0v) is 17.2. The molecule has 0 aromatic heterocycles. The number of halogens is 1. The lowest BCUT2D eigenvalue weighted by Crippen LogP contribution is -2.52. The van der Waals surface area contributed by atoms with E-state index in [0.717, 1.165) is 48.4 Å². The Bertz CT molecular complexity index is 866. The van der Waals surface area contributed by atoms with Gasteiger partial charge in [-0.25, -0.2) is 0 Å². The largest absolute Gasteiger partial charge is 0.484 e. The first-order valence-electron chi connectivity index (χ1n) is 9.51. The van der Waals surface area contributed by atoms with Crippen molar-refractivity contribution in [3.8, 4) is 5.75 Å². The molecule has 1 fully saturated rings. The molecule has 29 heavy (non-hydrogen) atoms. The van der Waals surface area contributed by atoms with Crippen LogP contribution in [-0.4, -0.2) is 56.6 Å². The molecule has 1 aliphatic heterocycles. The van der Waals surface area contributed by atoms with E-state index >= 15 is 0 Å². The number of benzene rings is 2. The number of carbonyl (C=O) groups excluding carboxylic acids is 1. The van der Waals surface area contributed by atoms with E-state index in [9.17, 15) is 4.79 Å². The number of nitrogens with one attached hydrogen (secondary N) is 1. The number of piperazine rings is 1. The zero-order valence-electron chi connectivity index (χ0n) is 16.5.